The number of hydrogen-bond donors (Lipinski definition) is 1. The minimum Gasteiger partial charge on any atom is -0.379 e. The highest BCUT2D eigenvalue weighted by Gasteiger charge is 2.28. The van der Waals surface area contributed by atoms with E-state index in [1.165, 1.54) is 35.3 Å². The van der Waals surface area contributed by atoms with Gasteiger partial charge >= 0.3 is 0 Å². The van der Waals surface area contributed by atoms with Gasteiger partial charge in [-0.05, 0) is 64.0 Å². The first-order valence-electron chi connectivity index (χ1n) is 15.4. The van der Waals surface area contributed by atoms with Crippen molar-refractivity contribution in [2.75, 3.05) is 11.9 Å². The van der Waals surface area contributed by atoms with E-state index in [1.807, 2.05) is 20.8 Å². The third kappa shape index (κ3) is 7.79. The second kappa shape index (κ2) is 14.5. The van der Waals surface area contributed by atoms with Crippen molar-refractivity contribution in [2.45, 2.75) is 78.4 Å². The van der Waals surface area contributed by atoms with E-state index in [-0.39, 0.29) is 58.9 Å². The molecule has 1 aliphatic rings. The van der Waals surface area contributed by atoms with Crippen LogP contribution in [0.4, 0.5) is 14.5 Å². The van der Waals surface area contributed by atoms with E-state index < -0.39 is 23.6 Å². The van der Waals surface area contributed by atoms with Gasteiger partial charge in [0, 0.05) is 42.3 Å². The van der Waals surface area contributed by atoms with Gasteiger partial charge in [-0.3, -0.25) is 14.3 Å². The highest BCUT2D eigenvalue weighted by molar-refractivity contribution is 7.13. The second-order valence-electron chi connectivity index (χ2n) is 12.0. The molecular formula is C32H37F2N7O4S. The van der Waals surface area contributed by atoms with Crippen LogP contribution in [-0.2, 0) is 9.53 Å². The van der Waals surface area contributed by atoms with Crippen molar-refractivity contribution in [3.05, 3.63) is 53.6 Å². The van der Waals surface area contributed by atoms with Crippen LogP contribution in [-0.4, -0.2) is 59.8 Å². The predicted octanol–water partition coefficient (Wildman–Crippen LogP) is 6.60. The number of ketones is 1. The Labute approximate surface area is 269 Å². The summed E-state index contributed by atoms with van der Waals surface area (Å²) >= 11 is 1.19. The fourth-order valence-corrected chi connectivity index (χ4v) is 6.54. The van der Waals surface area contributed by atoms with Gasteiger partial charge in [-0.15, -0.1) is 11.3 Å². The van der Waals surface area contributed by atoms with Gasteiger partial charge in [-0.2, -0.15) is 14.6 Å². The van der Waals surface area contributed by atoms with Gasteiger partial charge in [0.05, 0.1) is 24.0 Å². The highest BCUT2D eigenvalue weighted by Crippen LogP contribution is 2.35. The van der Waals surface area contributed by atoms with Crippen LogP contribution in [0, 0.1) is 23.6 Å². The first kappa shape index (κ1) is 33.2. The van der Waals surface area contributed by atoms with Crippen molar-refractivity contribution in [2.24, 2.45) is 11.8 Å². The van der Waals surface area contributed by atoms with E-state index in [2.05, 4.69) is 25.5 Å². The van der Waals surface area contributed by atoms with Crippen molar-refractivity contribution in [1.82, 2.24) is 29.5 Å². The Bertz CT molecular complexity index is 1710. The molecule has 0 radical (unpaired) electrons. The number of aromatic nitrogens is 6. The Kier molecular flexibility index (Phi) is 10.5. The van der Waals surface area contributed by atoms with Crippen LogP contribution < -0.4 is 5.32 Å². The third-order valence-corrected chi connectivity index (χ3v) is 8.76. The fraction of sp³-hybridized carbons (Fsp3) is 0.469. The van der Waals surface area contributed by atoms with Gasteiger partial charge in [-0.1, -0.05) is 13.8 Å². The van der Waals surface area contributed by atoms with Crippen molar-refractivity contribution >= 4 is 34.6 Å². The van der Waals surface area contributed by atoms with E-state index >= 15 is 0 Å². The summed E-state index contributed by atoms with van der Waals surface area (Å²) in [5, 5.41) is 13.5. The molecule has 4 heterocycles. The van der Waals surface area contributed by atoms with Gasteiger partial charge in [-0.25, -0.2) is 19.0 Å². The van der Waals surface area contributed by atoms with E-state index in [1.54, 1.807) is 16.3 Å². The van der Waals surface area contributed by atoms with Gasteiger partial charge in [0.2, 0.25) is 11.9 Å². The number of hydrogen-bond acceptors (Lipinski definition) is 9. The Hall–Kier alpha value is -4.17. The molecule has 14 heteroatoms. The average Bonchev–Trinajstić information content (AvgIpc) is 3.78. The lowest BCUT2D eigenvalue weighted by molar-refractivity contribution is -0.117. The van der Waals surface area contributed by atoms with Crippen LogP contribution in [0.1, 0.15) is 87.5 Å². The number of rotatable bonds is 12. The largest absolute Gasteiger partial charge is 0.379 e. The summed E-state index contributed by atoms with van der Waals surface area (Å²) < 4.78 is 37.6. The SMILES string of the molecule is CCOC1CCC(n2cc(NC(=O)c3csc(-c4cnn(C(=O)[C@@H](CC(C)=O)CC(C)C)c4)n3)c(-c3nc(F)ccc3F)n2)CC1. The number of Topliss-reactive ketones (excluding diaryl/α,β-unsaturated/α-hetero) is 1. The molecule has 11 nitrogen and oxygen atoms in total. The summed E-state index contributed by atoms with van der Waals surface area (Å²) in [5.74, 6) is -2.85. The van der Waals surface area contributed by atoms with Crippen LogP contribution in [0.25, 0.3) is 22.0 Å². The molecule has 0 bridgehead atoms. The third-order valence-electron chi connectivity index (χ3n) is 7.87. The molecule has 1 saturated carbocycles. The molecule has 0 aromatic carbocycles. The van der Waals surface area contributed by atoms with Crippen molar-refractivity contribution in [3.8, 4) is 22.0 Å². The number of thiazole rings is 1. The number of ether oxygens (including phenoxy) is 1. The number of halogens is 2. The zero-order valence-corrected chi connectivity index (χ0v) is 27.0. The Morgan fingerprint density at radius 1 is 1.09 bits per heavy atom. The molecule has 1 N–H and O–H groups in total. The zero-order chi connectivity index (χ0) is 33.0. The lowest BCUT2D eigenvalue weighted by atomic mass is 9.92. The minimum absolute atomic E-state index is 0.00837. The number of amides is 1. The molecule has 0 spiro atoms. The number of nitrogens with zero attached hydrogens (tertiary/aromatic N) is 6. The molecule has 4 aromatic heterocycles. The summed E-state index contributed by atoms with van der Waals surface area (Å²) in [6.07, 6.45) is 8.71. The topological polar surface area (TPSA) is 134 Å². The van der Waals surface area contributed by atoms with Crippen LogP contribution >= 0.6 is 11.3 Å². The lowest BCUT2D eigenvalue weighted by Crippen LogP contribution is -2.25. The predicted molar refractivity (Wildman–Crippen MR) is 168 cm³/mol. The molecule has 244 valence electrons. The smallest absolute Gasteiger partial charge is 0.275 e. The standard InChI is InChI=1S/C32H37F2N7O4S/c1-5-45-23-8-6-22(7-9-23)40-16-25(29(39-40)28-24(33)10-11-27(34)38-28)36-30(43)26-17-46-31(37-26)21-14-35-41(15-21)32(44)20(12-18(2)3)13-19(4)42/h10-11,14-18,20,22-23H,5-9,12-13H2,1-4H3,(H,36,43)/t20-,22?,23?/m1/s1. The molecular weight excluding hydrogens is 616 g/mol. The molecule has 0 saturated heterocycles. The summed E-state index contributed by atoms with van der Waals surface area (Å²) in [6.45, 7) is 8.04. The summed E-state index contributed by atoms with van der Waals surface area (Å²) in [7, 11) is 0. The quantitative estimate of drug-likeness (QED) is 0.169. The van der Waals surface area contributed by atoms with E-state index in [0.29, 0.717) is 23.6 Å². The van der Waals surface area contributed by atoms with Gasteiger partial charge < -0.3 is 14.8 Å². The monoisotopic (exact) mass is 653 g/mol. The minimum atomic E-state index is -0.875. The number of pyridine rings is 1. The zero-order valence-electron chi connectivity index (χ0n) is 26.2. The van der Waals surface area contributed by atoms with E-state index in [9.17, 15) is 23.2 Å². The molecule has 1 fully saturated rings. The van der Waals surface area contributed by atoms with E-state index in [4.69, 9.17) is 4.74 Å². The molecule has 0 aliphatic heterocycles. The molecule has 1 atom stereocenters. The van der Waals surface area contributed by atoms with E-state index in [0.717, 1.165) is 37.8 Å². The summed E-state index contributed by atoms with van der Waals surface area (Å²) in [5.41, 5.74) is 0.480. The second-order valence-corrected chi connectivity index (χ2v) is 12.8. The molecule has 46 heavy (non-hydrogen) atoms. The molecule has 1 aliphatic carbocycles. The molecule has 1 amide bonds. The molecule has 0 unspecified atom stereocenters. The summed E-state index contributed by atoms with van der Waals surface area (Å²) in [6, 6.07) is 1.88. The maximum Gasteiger partial charge on any atom is 0.275 e. The number of carbonyl (C=O) groups is 3. The highest BCUT2D eigenvalue weighted by atomic mass is 32.1. The first-order chi connectivity index (χ1) is 22.0. The Morgan fingerprint density at radius 3 is 2.54 bits per heavy atom. The van der Waals surface area contributed by atoms with Gasteiger partial charge in [0.1, 0.15) is 27.9 Å². The van der Waals surface area contributed by atoms with Crippen LogP contribution in [0.5, 0.6) is 0 Å². The Morgan fingerprint density at radius 2 is 1.85 bits per heavy atom. The van der Waals surface area contributed by atoms with Crippen LogP contribution in [0.3, 0.4) is 0 Å². The number of anilines is 1. The number of carbonyl (C=O) groups excluding carboxylic acids is 3. The van der Waals surface area contributed by atoms with Crippen molar-refractivity contribution < 1.29 is 27.9 Å². The Balaban J connectivity index is 1.36. The fourth-order valence-electron chi connectivity index (χ4n) is 5.77. The maximum absolute atomic E-state index is 14.8. The summed E-state index contributed by atoms with van der Waals surface area (Å²) in [4.78, 5) is 46.5. The number of nitrogens with one attached hydrogen (secondary N) is 1. The average molecular weight is 654 g/mol. The van der Waals surface area contributed by atoms with Gasteiger partial charge in [0.25, 0.3) is 5.91 Å². The maximum atomic E-state index is 14.8. The molecule has 4 aromatic rings. The van der Waals surface area contributed by atoms with Crippen LogP contribution in [0.15, 0.2) is 36.1 Å². The van der Waals surface area contributed by atoms with Crippen molar-refractivity contribution in [1.29, 1.82) is 0 Å². The first-order valence-corrected chi connectivity index (χ1v) is 16.3. The van der Waals surface area contributed by atoms with Gasteiger partial charge in [0.15, 0.2) is 5.82 Å². The van der Waals surface area contributed by atoms with Crippen molar-refractivity contribution in [3.63, 3.8) is 0 Å². The molecule has 5 rings (SSSR count). The normalized spacial score (nSPS) is 17.3. The lowest BCUT2D eigenvalue weighted by Gasteiger charge is -2.28. The van der Waals surface area contributed by atoms with Crippen LogP contribution in [0.2, 0.25) is 0 Å².